The highest BCUT2D eigenvalue weighted by molar-refractivity contribution is 6.33. The van der Waals surface area contributed by atoms with E-state index in [2.05, 4.69) is 13.2 Å². The van der Waals surface area contributed by atoms with Crippen LogP contribution >= 0.6 is 0 Å². The summed E-state index contributed by atoms with van der Waals surface area (Å²) < 4.78 is 0. The summed E-state index contributed by atoms with van der Waals surface area (Å²) in [5.74, 6) is -6.55. The number of rotatable bonds is 15. The zero-order valence-corrected chi connectivity index (χ0v) is 54.9. The molecule has 0 saturated carbocycles. The minimum atomic E-state index is -0.454. The monoisotopic (exact) mass is 1410 g/mol. The van der Waals surface area contributed by atoms with Gasteiger partial charge in [0, 0.05) is 134 Å². The Labute approximate surface area is 595 Å². The number of benzene rings is 5. The summed E-state index contributed by atoms with van der Waals surface area (Å²) in [5.41, 5.74) is 6.50. The van der Waals surface area contributed by atoms with E-state index in [1.54, 1.807) is 83.8 Å². The molecule has 28 nitrogen and oxygen atoms in total. The summed E-state index contributed by atoms with van der Waals surface area (Å²) in [6.45, 7) is 8.50. The lowest BCUT2D eigenvalue weighted by atomic mass is 10.0. The van der Waals surface area contributed by atoms with Crippen LogP contribution in [0.2, 0.25) is 0 Å². The fourth-order valence-electron chi connectivity index (χ4n) is 11.4. The second-order valence-corrected chi connectivity index (χ2v) is 23.1. The average Bonchev–Trinajstić information content (AvgIpc) is 1.74. The molecule has 0 atom stereocenters. The highest BCUT2D eigenvalue weighted by atomic mass is 16.2. The van der Waals surface area contributed by atoms with Crippen molar-refractivity contribution in [1.29, 1.82) is 0 Å². The van der Waals surface area contributed by atoms with Crippen molar-refractivity contribution in [2.24, 2.45) is 0 Å². The van der Waals surface area contributed by atoms with Gasteiger partial charge in [0.2, 0.25) is 0 Å². The van der Waals surface area contributed by atoms with Crippen LogP contribution in [0.15, 0.2) is 267 Å². The van der Waals surface area contributed by atoms with E-state index >= 15 is 0 Å². The summed E-state index contributed by atoms with van der Waals surface area (Å²) in [7, 11) is 0. The molecule has 0 fully saturated rings. The topological polar surface area (TPSA) is 340 Å². The Bertz CT molecular complexity index is 4580. The molecular formula is C77H54N10O18. The third kappa shape index (κ3) is 15.4. The van der Waals surface area contributed by atoms with E-state index in [9.17, 15) is 86.3 Å². The van der Waals surface area contributed by atoms with Gasteiger partial charge in [-0.3, -0.25) is 96.1 Å². The quantitative estimate of drug-likeness (QED) is 0.0940. The molecule has 0 bridgehead atoms. The van der Waals surface area contributed by atoms with Crippen LogP contribution in [-0.4, -0.2) is 129 Å². The van der Waals surface area contributed by atoms with Gasteiger partial charge in [0.1, 0.15) is 0 Å². The largest absolute Gasteiger partial charge is 0.309 e. The second kappa shape index (κ2) is 30.7. The maximum atomic E-state index is 11.9. The van der Waals surface area contributed by atoms with E-state index in [1.807, 2.05) is 24.3 Å². The predicted octanol–water partition coefficient (Wildman–Crippen LogP) is 5.36. The van der Waals surface area contributed by atoms with E-state index in [0.717, 1.165) is 51.8 Å². The fourth-order valence-corrected chi connectivity index (χ4v) is 11.4. The van der Waals surface area contributed by atoms with Crippen molar-refractivity contribution in [1.82, 2.24) is 9.80 Å². The molecule has 15 rings (SSSR count). The summed E-state index contributed by atoms with van der Waals surface area (Å²) in [4.78, 5) is 220. The van der Waals surface area contributed by atoms with Gasteiger partial charge in [-0.2, -0.15) is 0 Å². The molecule has 18 amide bonds. The van der Waals surface area contributed by atoms with Crippen molar-refractivity contribution in [2.75, 3.05) is 52.3 Å². The molecule has 5 aromatic rings. The van der Waals surface area contributed by atoms with Gasteiger partial charge in [-0.1, -0.05) is 55.6 Å². The average molecular weight is 1410 g/mol. The molecule has 0 aliphatic carbocycles. The van der Waals surface area contributed by atoms with Crippen molar-refractivity contribution in [3.8, 4) is 0 Å². The molecular weight excluding hydrogens is 1350 g/mol. The first kappa shape index (κ1) is 71.3. The highest BCUT2D eigenvalue weighted by Crippen LogP contribution is 2.36. The van der Waals surface area contributed by atoms with Gasteiger partial charge in [-0.05, 0) is 121 Å². The maximum absolute atomic E-state index is 11.9. The molecule has 10 aliphatic rings. The van der Waals surface area contributed by atoms with Gasteiger partial charge in [-0.15, -0.1) is 0 Å². The van der Waals surface area contributed by atoms with Gasteiger partial charge >= 0.3 is 0 Å². The number of allylic oxidation sites excluding steroid dienone is 2. The number of anilines is 8. The number of amides is 18. The van der Waals surface area contributed by atoms with Crippen molar-refractivity contribution < 1.29 is 86.3 Å². The number of para-hydroxylation sites is 2. The first-order valence-corrected chi connectivity index (χ1v) is 31.7. The fraction of sp³-hybridized carbons (Fsp3) is 0.0649. The van der Waals surface area contributed by atoms with Gasteiger partial charge < -0.3 is 4.90 Å². The minimum Gasteiger partial charge on any atom is -0.309 e. The lowest BCUT2D eigenvalue weighted by Gasteiger charge is -2.24. The molecule has 0 saturated heterocycles. The highest BCUT2D eigenvalue weighted by Gasteiger charge is 2.34. The number of hydrogen-bond acceptors (Lipinski definition) is 18. The number of imide groups is 8. The number of unbranched alkanes of at least 4 members (excludes halogenated alkanes) is 1. The molecule has 28 heteroatoms. The summed E-state index contributed by atoms with van der Waals surface area (Å²) in [5, 5.41) is 0. The Hall–Kier alpha value is -15.0. The van der Waals surface area contributed by atoms with E-state index in [0.29, 0.717) is 82.8 Å². The van der Waals surface area contributed by atoms with E-state index < -0.39 is 59.1 Å². The Morgan fingerprint density at radius 1 is 0.210 bits per heavy atom. The van der Waals surface area contributed by atoms with E-state index in [4.69, 9.17) is 0 Å². The normalized spacial score (nSPS) is 17.5. The molecule has 0 radical (unpaired) electrons. The molecule has 0 aromatic heterocycles. The second-order valence-electron chi connectivity index (χ2n) is 23.1. The van der Waals surface area contributed by atoms with E-state index in [-0.39, 0.29) is 47.3 Å². The van der Waals surface area contributed by atoms with Crippen molar-refractivity contribution in [3.05, 3.63) is 279 Å². The van der Waals surface area contributed by atoms with Crippen molar-refractivity contribution in [3.63, 3.8) is 0 Å². The van der Waals surface area contributed by atoms with Crippen LogP contribution in [0.1, 0.15) is 24.0 Å². The summed E-state index contributed by atoms with van der Waals surface area (Å²) >= 11 is 0. The van der Waals surface area contributed by atoms with Crippen LogP contribution in [0.4, 0.5) is 45.5 Å². The molecule has 105 heavy (non-hydrogen) atoms. The van der Waals surface area contributed by atoms with Crippen LogP contribution in [0, 0.1) is 0 Å². The Balaban J connectivity index is 0.000000132. The van der Waals surface area contributed by atoms with Gasteiger partial charge in [0.25, 0.3) is 106 Å². The molecule has 0 spiro atoms. The van der Waals surface area contributed by atoms with Crippen LogP contribution < -0.4 is 39.2 Å². The zero-order valence-electron chi connectivity index (χ0n) is 54.9. The predicted molar refractivity (Wildman–Crippen MR) is 377 cm³/mol. The lowest BCUT2D eigenvalue weighted by molar-refractivity contribution is -0.137. The zero-order chi connectivity index (χ0) is 74.9. The number of hydrogen-bond donors (Lipinski definition) is 0. The van der Waals surface area contributed by atoms with Crippen LogP contribution in [0.25, 0.3) is 0 Å². The van der Waals surface area contributed by atoms with Gasteiger partial charge in [0.05, 0.1) is 45.5 Å². The number of carbonyl (C=O) groups is 18. The van der Waals surface area contributed by atoms with Crippen LogP contribution in [0.3, 0.4) is 0 Å². The van der Waals surface area contributed by atoms with Gasteiger partial charge in [0.15, 0.2) is 0 Å². The van der Waals surface area contributed by atoms with Crippen LogP contribution in [0.5, 0.6) is 0 Å². The molecule has 520 valence electrons. The first-order valence-electron chi connectivity index (χ1n) is 31.7. The molecule has 0 unspecified atom stereocenters. The molecule has 10 aliphatic heterocycles. The van der Waals surface area contributed by atoms with Crippen LogP contribution in [-0.2, 0) is 92.7 Å². The Morgan fingerprint density at radius 2 is 0.448 bits per heavy atom. The minimum absolute atomic E-state index is 0.0602. The molecule has 5 aromatic carbocycles. The Kier molecular flexibility index (Phi) is 20.8. The number of nitrogens with zero attached hydrogens (tertiary/aromatic N) is 10. The third-order valence-electron chi connectivity index (χ3n) is 16.4. The molecule has 10 heterocycles. The first-order chi connectivity index (χ1) is 50.4. The van der Waals surface area contributed by atoms with Gasteiger partial charge in [-0.25, -0.2) is 34.3 Å². The molecule has 0 N–H and O–H groups in total. The third-order valence-corrected chi connectivity index (χ3v) is 16.4. The summed E-state index contributed by atoms with van der Waals surface area (Å²) in [6, 6.07) is 33.3. The Morgan fingerprint density at radius 3 is 0.752 bits per heavy atom. The van der Waals surface area contributed by atoms with Crippen molar-refractivity contribution >= 4 is 152 Å². The van der Waals surface area contributed by atoms with E-state index in [1.165, 1.54) is 150 Å². The van der Waals surface area contributed by atoms with Crippen molar-refractivity contribution in [2.45, 2.75) is 19.3 Å². The summed E-state index contributed by atoms with van der Waals surface area (Å²) in [6.07, 6.45) is 27.6. The SMILES string of the molecule is C=C1C=CC(=O)N1CCCCN1C(=O)C=CC1=O.C=C1C=CC(=O)N1c1ccccc1N1C(=O)C=CC1=O.O=C1C=CC(=O)N1c1ccc(Cc2ccc(N3C(=O)C=CC3=O)cc2)cc1.O=C1C=CC(=O)N1c1ccc(N2C(=O)C=CC2=O)cc1.O=C1C=CC(=O)N1c1cccc(N2C(=O)C=CC2=O)c1. The smallest absolute Gasteiger partial charge is 0.258 e. The maximum Gasteiger partial charge on any atom is 0.258 e. The lowest BCUT2D eigenvalue weighted by Crippen LogP contribution is -2.32. The standard InChI is InChI=1S/C21H14N2O4.C15H10N2O3.2C14H8N2O4.C13H14N2O3/c24-18-9-10-19(25)22(18)16-5-1-14(2-6-16)13-15-3-7-17(8-4-15)23-20(26)11-12-21(23)27;1-10-6-7-13(18)16(10)11-4-2-3-5-12(11)17-14(19)8-9-15(17)20;17-11-5-6-12(18)15(11)9-1-2-10(4-3-9)16-13(19)7-8-14(16)20;17-11-4-5-12(18)15(11)9-2-1-3-10(8-9)16-13(19)6-7-14(16)20;1-10-4-5-11(16)14(10)8-2-3-9-15-12(17)6-7-13(15)18/h1-12H,13H2;2-9H,1H2;2*1-8H;4-7H,1-3,8-9H2. The number of carbonyl (C=O) groups excluding carboxylic acids is 18.